The highest BCUT2D eigenvalue weighted by molar-refractivity contribution is 5.91. The highest BCUT2D eigenvalue weighted by Crippen LogP contribution is 2.33. The maximum absolute atomic E-state index is 14.0. The van der Waals surface area contributed by atoms with Crippen molar-refractivity contribution in [2.24, 2.45) is 11.8 Å². The van der Waals surface area contributed by atoms with Gasteiger partial charge in [-0.3, -0.25) is 19.8 Å². The lowest BCUT2D eigenvalue weighted by molar-refractivity contribution is -0.137. The molecular weight excluding hydrogens is 583 g/mol. The Labute approximate surface area is 263 Å². The van der Waals surface area contributed by atoms with Crippen LogP contribution in [0.5, 0.6) is 0 Å². The number of carbonyl (C=O) groups excluding carboxylic acids is 3. The van der Waals surface area contributed by atoms with Gasteiger partial charge in [-0.25, -0.2) is 0 Å². The molecule has 2 aromatic carbocycles. The lowest BCUT2D eigenvalue weighted by Crippen LogP contribution is -2.53. The molecule has 1 unspecified atom stereocenters. The van der Waals surface area contributed by atoms with Crippen LogP contribution >= 0.6 is 0 Å². The summed E-state index contributed by atoms with van der Waals surface area (Å²) in [6, 6.07) is 10.8. The van der Waals surface area contributed by atoms with E-state index in [0.29, 0.717) is 23.6 Å². The molecule has 1 aliphatic heterocycles. The summed E-state index contributed by atoms with van der Waals surface area (Å²) in [5, 5.41) is 16.6. The molecular formula is C34H44F3N5O3. The van der Waals surface area contributed by atoms with Crippen LogP contribution in [-0.4, -0.2) is 54.1 Å². The van der Waals surface area contributed by atoms with Crippen LogP contribution in [0.15, 0.2) is 48.5 Å². The number of rotatable bonds is 10. The monoisotopic (exact) mass is 627 g/mol. The zero-order chi connectivity index (χ0) is 32.6. The second kappa shape index (κ2) is 15.4. The second-order valence-electron chi connectivity index (χ2n) is 12.4. The Kier molecular flexibility index (Phi) is 11.6. The number of hydrogen-bond acceptors (Lipinski definition) is 4. The molecule has 0 radical (unpaired) electrons. The number of amidine groups is 1. The Morgan fingerprint density at radius 1 is 0.933 bits per heavy atom. The Morgan fingerprint density at radius 3 is 2.20 bits per heavy atom. The van der Waals surface area contributed by atoms with Gasteiger partial charge in [0.05, 0.1) is 17.3 Å². The summed E-state index contributed by atoms with van der Waals surface area (Å²) in [5.74, 6) is -1.23. The number of likely N-dealkylation sites (tertiary alicyclic amines) is 1. The fraction of sp³-hybridized carbons (Fsp3) is 0.529. The number of carbonyl (C=O) groups is 3. The van der Waals surface area contributed by atoms with Gasteiger partial charge in [-0.1, -0.05) is 49.6 Å². The van der Waals surface area contributed by atoms with Crippen molar-refractivity contribution < 1.29 is 27.6 Å². The van der Waals surface area contributed by atoms with Gasteiger partial charge in [0.1, 0.15) is 6.04 Å². The minimum absolute atomic E-state index is 0.0655. The SMILES string of the molecule is CC(=N)N1CCC(CNC(=O)[C@@H](NC(=O)C(Cc2ccc(NC(C)=O)cc2)c2cccc(C(F)(F)F)c2)C2CCCCC2)CC1. The lowest BCUT2D eigenvalue weighted by Gasteiger charge is -2.34. The molecule has 1 saturated carbocycles. The molecule has 0 bridgehead atoms. The van der Waals surface area contributed by atoms with E-state index in [0.717, 1.165) is 70.2 Å². The number of halogens is 3. The maximum atomic E-state index is 14.0. The van der Waals surface area contributed by atoms with Gasteiger partial charge in [0.2, 0.25) is 17.7 Å². The van der Waals surface area contributed by atoms with E-state index in [1.54, 1.807) is 31.2 Å². The van der Waals surface area contributed by atoms with E-state index in [1.165, 1.54) is 19.1 Å². The molecule has 2 aromatic rings. The molecule has 0 spiro atoms. The Bertz CT molecular complexity index is 1330. The van der Waals surface area contributed by atoms with Gasteiger partial charge in [-0.05, 0) is 80.2 Å². The number of hydrogen-bond donors (Lipinski definition) is 4. The summed E-state index contributed by atoms with van der Waals surface area (Å²) >= 11 is 0. The van der Waals surface area contributed by atoms with E-state index < -0.39 is 29.6 Å². The van der Waals surface area contributed by atoms with E-state index in [9.17, 15) is 27.6 Å². The Balaban J connectivity index is 1.54. The van der Waals surface area contributed by atoms with Crippen LogP contribution in [0.1, 0.15) is 81.4 Å². The van der Waals surface area contributed by atoms with Crippen LogP contribution in [0.25, 0.3) is 0 Å². The summed E-state index contributed by atoms with van der Waals surface area (Å²) < 4.78 is 41.0. The molecule has 2 fully saturated rings. The summed E-state index contributed by atoms with van der Waals surface area (Å²) in [6.45, 7) is 5.17. The van der Waals surface area contributed by atoms with Crippen LogP contribution in [0.4, 0.5) is 18.9 Å². The molecule has 1 aliphatic carbocycles. The van der Waals surface area contributed by atoms with Gasteiger partial charge in [-0.15, -0.1) is 0 Å². The van der Waals surface area contributed by atoms with E-state index in [1.807, 2.05) is 4.90 Å². The molecule has 1 heterocycles. The van der Waals surface area contributed by atoms with Crippen molar-refractivity contribution in [1.82, 2.24) is 15.5 Å². The first kappa shape index (κ1) is 34.0. The zero-order valence-corrected chi connectivity index (χ0v) is 26.0. The van der Waals surface area contributed by atoms with Crippen molar-refractivity contribution in [2.75, 3.05) is 25.0 Å². The van der Waals surface area contributed by atoms with Crippen LogP contribution in [0, 0.1) is 17.2 Å². The predicted octanol–water partition coefficient (Wildman–Crippen LogP) is 5.88. The summed E-state index contributed by atoms with van der Waals surface area (Å²) in [4.78, 5) is 41.1. The molecule has 8 nitrogen and oxygen atoms in total. The zero-order valence-electron chi connectivity index (χ0n) is 26.0. The maximum Gasteiger partial charge on any atom is 0.416 e. The molecule has 244 valence electrons. The van der Waals surface area contributed by atoms with Crippen molar-refractivity contribution in [3.8, 4) is 0 Å². The second-order valence-corrected chi connectivity index (χ2v) is 12.4. The predicted molar refractivity (Wildman–Crippen MR) is 168 cm³/mol. The van der Waals surface area contributed by atoms with Gasteiger partial charge in [0.25, 0.3) is 0 Å². The summed E-state index contributed by atoms with van der Waals surface area (Å²) in [6.07, 6.45) is 1.78. The minimum Gasteiger partial charge on any atom is -0.361 e. The number of amides is 3. The third-order valence-corrected chi connectivity index (χ3v) is 9.00. The van der Waals surface area contributed by atoms with Gasteiger partial charge in [0.15, 0.2) is 0 Å². The number of nitrogens with zero attached hydrogens (tertiary/aromatic N) is 1. The van der Waals surface area contributed by atoms with Crippen LogP contribution < -0.4 is 16.0 Å². The fourth-order valence-corrected chi connectivity index (χ4v) is 6.40. The number of nitrogens with one attached hydrogen (secondary N) is 4. The van der Waals surface area contributed by atoms with E-state index in [2.05, 4.69) is 16.0 Å². The molecule has 0 aromatic heterocycles. The van der Waals surface area contributed by atoms with Crippen molar-refractivity contribution in [3.05, 3.63) is 65.2 Å². The Morgan fingerprint density at radius 2 is 1.60 bits per heavy atom. The number of piperidine rings is 1. The van der Waals surface area contributed by atoms with Crippen molar-refractivity contribution in [1.29, 1.82) is 5.41 Å². The van der Waals surface area contributed by atoms with Gasteiger partial charge in [-0.2, -0.15) is 13.2 Å². The lowest BCUT2D eigenvalue weighted by atomic mass is 9.82. The molecule has 2 aliphatic rings. The highest BCUT2D eigenvalue weighted by Gasteiger charge is 2.35. The van der Waals surface area contributed by atoms with Crippen LogP contribution in [-0.2, 0) is 27.0 Å². The first-order valence-corrected chi connectivity index (χ1v) is 15.8. The third kappa shape index (κ3) is 9.80. The fourth-order valence-electron chi connectivity index (χ4n) is 6.40. The average molecular weight is 628 g/mol. The van der Waals surface area contributed by atoms with E-state index >= 15 is 0 Å². The molecule has 45 heavy (non-hydrogen) atoms. The largest absolute Gasteiger partial charge is 0.416 e. The smallest absolute Gasteiger partial charge is 0.361 e. The van der Waals surface area contributed by atoms with Crippen molar-refractivity contribution in [3.63, 3.8) is 0 Å². The van der Waals surface area contributed by atoms with Crippen molar-refractivity contribution >= 4 is 29.2 Å². The van der Waals surface area contributed by atoms with E-state index in [-0.39, 0.29) is 35.6 Å². The Hall–Kier alpha value is -3.89. The first-order valence-electron chi connectivity index (χ1n) is 15.8. The quantitative estimate of drug-likeness (QED) is 0.195. The topological polar surface area (TPSA) is 114 Å². The number of alkyl halides is 3. The van der Waals surface area contributed by atoms with E-state index in [4.69, 9.17) is 5.41 Å². The van der Waals surface area contributed by atoms with Crippen LogP contribution in [0.2, 0.25) is 0 Å². The molecule has 11 heteroatoms. The van der Waals surface area contributed by atoms with Gasteiger partial charge >= 0.3 is 6.18 Å². The molecule has 4 rings (SSSR count). The standard InChI is InChI=1S/C34H44F3N5O3/c1-22(38)42-17-15-25(16-18-42)21-39-33(45)31(26-7-4-3-5-8-26)41-32(44)30(27-9-6-10-28(20-27)34(35,36)37)19-24-11-13-29(14-12-24)40-23(2)43/h6,9-14,20,25-26,30-31,38H,3-5,7-8,15-19,21H2,1-2H3,(H,39,45)(H,40,43)(H,41,44)/t30?,31-/m0/s1. The van der Waals surface area contributed by atoms with Gasteiger partial charge in [0, 0.05) is 32.2 Å². The molecule has 2 atom stereocenters. The van der Waals surface area contributed by atoms with Crippen molar-refractivity contribution in [2.45, 2.75) is 83.4 Å². The minimum atomic E-state index is -4.57. The summed E-state index contributed by atoms with van der Waals surface area (Å²) in [5.41, 5.74) is 0.639. The third-order valence-electron chi connectivity index (χ3n) is 9.00. The number of anilines is 1. The molecule has 1 saturated heterocycles. The normalized spacial score (nSPS) is 17.7. The first-order chi connectivity index (χ1) is 21.4. The molecule has 3 amide bonds. The average Bonchev–Trinajstić information content (AvgIpc) is 3.02. The summed E-state index contributed by atoms with van der Waals surface area (Å²) in [7, 11) is 0. The van der Waals surface area contributed by atoms with Gasteiger partial charge < -0.3 is 20.9 Å². The highest BCUT2D eigenvalue weighted by atomic mass is 19.4. The van der Waals surface area contributed by atoms with Crippen LogP contribution in [0.3, 0.4) is 0 Å². The number of benzene rings is 2. The molecule has 4 N–H and O–H groups in total.